The van der Waals surface area contributed by atoms with E-state index in [1.165, 1.54) is 4.31 Å². The topological polar surface area (TPSA) is 66.5 Å². The molecule has 0 aromatic heterocycles. The molecule has 5 nitrogen and oxygen atoms in total. The molecule has 146 valence electrons. The molecule has 0 radical (unpaired) electrons. The number of benzene rings is 2. The first kappa shape index (κ1) is 21.3. The van der Waals surface area contributed by atoms with Crippen molar-refractivity contribution in [3.8, 4) is 0 Å². The van der Waals surface area contributed by atoms with Crippen molar-refractivity contribution >= 4 is 38.9 Å². The van der Waals surface area contributed by atoms with Gasteiger partial charge in [-0.15, -0.1) is 0 Å². The fraction of sp³-hybridized carbons (Fsp3) is 0.350. The summed E-state index contributed by atoms with van der Waals surface area (Å²) in [7, 11) is -3.68. The van der Waals surface area contributed by atoms with E-state index in [0.29, 0.717) is 22.8 Å². The predicted octanol–water partition coefficient (Wildman–Crippen LogP) is 4.45. The number of nitrogens with zero attached hydrogens (tertiary/aromatic N) is 1. The summed E-state index contributed by atoms with van der Waals surface area (Å²) in [5, 5.41) is 3.37. The quantitative estimate of drug-likeness (QED) is 0.767. The van der Waals surface area contributed by atoms with Gasteiger partial charge in [0.2, 0.25) is 15.9 Å². The minimum absolute atomic E-state index is 0.325. The first-order valence-corrected chi connectivity index (χ1v) is 10.9. The molecular formula is C20H25ClN2O3S. The van der Waals surface area contributed by atoms with E-state index in [1.54, 1.807) is 38.1 Å². The van der Waals surface area contributed by atoms with Crippen LogP contribution in [0.2, 0.25) is 5.02 Å². The fourth-order valence-electron chi connectivity index (χ4n) is 2.95. The number of nitrogens with one attached hydrogen (secondary N) is 1. The summed E-state index contributed by atoms with van der Waals surface area (Å²) in [5.74, 6) is -0.394. The Labute approximate surface area is 166 Å². The Hall–Kier alpha value is -2.05. The molecule has 0 aliphatic carbocycles. The lowest BCUT2D eigenvalue weighted by Gasteiger charge is -2.31. The Morgan fingerprint density at radius 3 is 2.44 bits per heavy atom. The minimum Gasteiger partial charge on any atom is -0.324 e. The molecule has 1 N–H and O–H groups in total. The maximum absolute atomic E-state index is 13.0. The van der Waals surface area contributed by atoms with Crippen LogP contribution in [0.25, 0.3) is 0 Å². The zero-order chi connectivity index (χ0) is 20.4. The summed E-state index contributed by atoms with van der Waals surface area (Å²) in [6.07, 6.45) is 1.45. The number of rotatable bonds is 6. The molecule has 27 heavy (non-hydrogen) atoms. The monoisotopic (exact) mass is 408 g/mol. The minimum atomic E-state index is -3.68. The molecular weight excluding hydrogens is 384 g/mol. The summed E-state index contributed by atoms with van der Waals surface area (Å²) in [5.41, 5.74) is 3.53. The lowest BCUT2D eigenvalue weighted by molar-refractivity contribution is -0.117. The zero-order valence-electron chi connectivity index (χ0n) is 16.2. The second-order valence-electron chi connectivity index (χ2n) is 6.67. The molecule has 0 aliphatic heterocycles. The third-order valence-corrected chi connectivity index (χ3v) is 6.03. The molecule has 0 spiro atoms. The molecule has 0 aliphatic rings. The molecule has 0 fully saturated rings. The molecule has 0 unspecified atom stereocenters. The fourth-order valence-corrected chi connectivity index (χ4v) is 4.39. The molecule has 0 heterocycles. The largest absolute Gasteiger partial charge is 0.324 e. The molecule has 2 rings (SSSR count). The number of carbonyl (C=O) groups excluding carboxylic acids is 1. The van der Waals surface area contributed by atoms with Crippen LogP contribution in [0.1, 0.15) is 30.0 Å². The van der Waals surface area contributed by atoms with Crippen molar-refractivity contribution in [3.63, 3.8) is 0 Å². The highest BCUT2D eigenvalue weighted by molar-refractivity contribution is 7.92. The molecule has 0 saturated carbocycles. The standard InChI is InChI=1S/C20H25ClN2O3S/c1-6-18(20(24)22-17-9-7-8-16(21)15(17)4)23(27(5,25)26)19-12-13(2)10-11-14(19)3/h7-12,18H,6H2,1-5H3,(H,22,24)/t18-/m1/s1. The summed E-state index contributed by atoms with van der Waals surface area (Å²) in [6, 6.07) is 9.91. The lowest BCUT2D eigenvalue weighted by atomic mass is 10.1. The summed E-state index contributed by atoms with van der Waals surface area (Å²) < 4.78 is 26.4. The number of hydrogen-bond donors (Lipinski definition) is 1. The van der Waals surface area contributed by atoms with E-state index in [1.807, 2.05) is 26.0 Å². The van der Waals surface area contributed by atoms with Crippen LogP contribution >= 0.6 is 11.6 Å². The van der Waals surface area contributed by atoms with E-state index in [4.69, 9.17) is 11.6 Å². The van der Waals surface area contributed by atoms with Gasteiger partial charge in [-0.25, -0.2) is 8.42 Å². The first-order valence-electron chi connectivity index (χ1n) is 8.69. The van der Waals surface area contributed by atoms with Crippen molar-refractivity contribution in [2.45, 2.75) is 40.2 Å². The maximum Gasteiger partial charge on any atom is 0.248 e. The number of sulfonamides is 1. The molecule has 2 aromatic rings. The van der Waals surface area contributed by atoms with Gasteiger partial charge in [0, 0.05) is 10.7 Å². The van der Waals surface area contributed by atoms with Gasteiger partial charge in [-0.3, -0.25) is 9.10 Å². The third-order valence-electron chi connectivity index (χ3n) is 4.46. The van der Waals surface area contributed by atoms with E-state index in [-0.39, 0.29) is 0 Å². The molecule has 0 bridgehead atoms. The van der Waals surface area contributed by atoms with Gasteiger partial charge in [0.25, 0.3) is 0 Å². The van der Waals surface area contributed by atoms with Gasteiger partial charge in [0.1, 0.15) is 6.04 Å². The van der Waals surface area contributed by atoms with Crippen LogP contribution in [-0.4, -0.2) is 26.6 Å². The smallest absolute Gasteiger partial charge is 0.248 e. The Morgan fingerprint density at radius 2 is 1.85 bits per heavy atom. The van der Waals surface area contributed by atoms with E-state index >= 15 is 0 Å². The van der Waals surface area contributed by atoms with Gasteiger partial charge < -0.3 is 5.32 Å². The first-order chi connectivity index (χ1) is 12.6. The number of hydrogen-bond acceptors (Lipinski definition) is 3. The second-order valence-corrected chi connectivity index (χ2v) is 8.94. The summed E-state index contributed by atoms with van der Waals surface area (Å²) in [6.45, 7) is 7.31. The van der Waals surface area contributed by atoms with Crippen LogP contribution in [0.4, 0.5) is 11.4 Å². The van der Waals surface area contributed by atoms with Crippen LogP contribution in [0, 0.1) is 20.8 Å². The Morgan fingerprint density at radius 1 is 1.19 bits per heavy atom. The van der Waals surface area contributed by atoms with Crippen molar-refractivity contribution in [2.24, 2.45) is 0 Å². The summed E-state index contributed by atoms with van der Waals surface area (Å²) in [4.78, 5) is 13.0. The zero-order valence-corrected chi connectivity index (χ0v) is 17.8. The molecule has 7 heteroatoms. The van der Waals surface area contributed by atoms with Crippen LogP contribution in [0.5, 0.6) is 0 Å². The second kappa shape index (κ2) is 8.31. The van der Waals surface area contributed by atoms with Crippen LogP contribution in [0.3, 0.4) is 0 Å². The van der Waals surface area contributed by atoms with Crippen molar-refractivity contribution in [2.75, 3.05) is 15.9 Å². The average molecular weight is 409 g/mol. The normalized spacial score (nSPS) is 12.5. The molecule has 2 aromatic carbocycles. The highest BCUT2D eigenvalue weighted by Gasteiger charge is 2.32. The van der Waals surface area contributed by atoms with E-state index < -0.39 is 22.0 Å². The van der Waals surface area contributed by atoms with Crippen molar-refractivity contribution < 1.29 is 13.2 Å². The van der Waals surface area contributed by atoms with Gasteiger partial charge in [0.05, 0.1) is 11.9 Å². The maximum atomic E-state index is 13.0. The lowest BCUT2D eigenvalue weighted by Crippen LogP contribution is -2.47. The highest BCUT2D eigenvalue weighted by atomic mass is 35.5. The van der Waals surface area contributed by atoms with Gasteiger partial charge in [-0.2, -0.15) is 0 Å². The third kappa shape index (κ3) is 4.82. The van der Waals surface area contributed by atoms with Crippen LogP contribution in [-0.2, 0) is 14.8 Å². The molecule has 0 saturated heterocycles. The number of aryl methyl sites for hydroxylation is 2. The van der Waals surface area contributed by atoms with Crippen molar-refractivity contribution in [1.29, 1.82) is 0 Å². The van der Waals surface area contributed by atoms with Gasteiger partial charge in [0.15, 0.2) is 0 Å². The highest BCUT2D eigenvalue weighted by Crippen LogP contribution is 2.29. The van der Waals surface area contributed by atoms with Crippen LogP contribution in [0.15, 0.2) is 36.4 Å². The number of anilines is 2. The number of amides is 1. The number of carbonyl (C=O) groups is 1. The van der Waals surface area contributed by atoms with Gasteiger partial charge in [-0.05, 0) is 62.1 Å². The Bertz CT molecular complexity index is 958. The van der Waals surface area contributed by atoms with E-state index in [9.17, 15) is 13.2 Å². The summed E-state index contributed by atoms with van der Waals surface area (Å²) >= 11 is 6.12. The molecule has 1 amide bonds. The van der Waals surface area contributed by atoms with Crippen molar-refractivity contribution in [3.05, 3.63) is 58.1 Å². The average Bonchev–Trinajstić information content (AvgIpc) is 2.58. The Kier molecular flexibility index (Phi) is 6.54. The SMILES string of the molecule is CC[C@H](C(=O)Nc1cccc(Cl)c1C)N(c1cc(C)ccc1C)S(C)(=O)=O. The molecule has 1 atom stereocenters. The van der Waals surface area contributed by atoms with E-state index in [2.05, 4.69) is 5.32 Å². The number of halogens is 1. The predicted molar refractivity (Wildman–Crippen MR) is 112 cm³/mol. The Balaban J connectivity index is 2.48. The van der Waals surface area contributed by atoms with Gasteiger partial charge >= 0.3 is 0 Å². The van der Waals surface area contributed by atoms with E-state index in [0.717, 1.165) is 22.9 Å². The van der Waals surface area contributed by atoms with Crippen molar-refractivity contribution in [1.82, 2.24) is 0 Å². The van der Waals surface area contributed by atoms with Crippen LogP contribution < -0.4 is 9.62 Å². The van der Waals surface area contributed by atoms with Gasteiger partial charge in [-0.1, -0.05) is 36.7 Å².